The minimum Gasteiger partial charge on any atom is -0.463 e. The Kier molecular flexibility index (Phi) is 7.25. The highest BCUT2D eigenvalue weighted by Gasteiger charge is 2.41. The molecular formula is C24H23N5O5S. The van der Waals surface area contributed by atoms with Crippen molar-refractivity contribution in [3.05, 3.63) is 92.4 Å². The quantitative estimate of drug-likeness (QED) is 0.334. The van der Waals surface area contributed by atoms with Crippen LogP contribution >= 0.6 is 11.8 Å². The third kappa shape index (κ3) is 5.24. The maximum atomic E-state index is 13.0. The Morgan fingerprint density at radius 3 is 2.80 bits per heavy atom. The van der Waals surface area contributed by atoms with Crippen molar-refractivity contribution in [1.82, 2.24) is 15.2 Å². The first-order valence-corrected chi connectivity index (χ1v) is 11.8. The third-order valence-corrected chi connectivity index (χ3v) is 6.32. The second-order valence-electron chi connectivity index (χ2n) is 7.74. The Labute approximate surface area is 205 Å². The van der Waals surface area contributed by atoms with Crippen LogP contribution < -0.4 is 5.32 Å². The summed E-state index contributed by atoms with van der Waals surface area (Å²) in [5.41, 5.74) is 2.52. The fourth-order valence-corrected chi connectivity index (χ4v) is 4.85. The molecule has 0 fully saturated rings. The molecule has 2 aliphatic heterocycles. The number of nitro groups is 1. The zero-order chi connectivity index (χ0) is 24.9. The predicted octanol–water partition coefficient (Wildman–Crippen LogP) is 3.83. The van der Waals surface area contributed by atoms with Gasteiger partial charge >= 0.3 is 5.97 Å². The molecule has 1 aromatic carbocycles. The number of esters is 1. The number of nitro benzene ring substituents is 1. The van der Waals surface area contributed by atoms with Crippen LogP contribution in [0.2, 0.25) is 0 Å². The van der Waals surface area contributed by atoms with Gasteiger partial charge in [0.15, 0.2) is 5.17 Å². The fraction of sp³-hybridized carbons (Fsp3) is 0.250. The van der Waals surface area contributed by atoms with Crippen LogP contribution in [0.25, 0.3) is 0 Å². The first-order valence-electron chi connectivity index (χ1n) is 10.9. The topological polar surface area (TPSA) is 127 Å². The molecule has 35 heavy (non-hydrogen) atoms. The molecule has 1 N–H and O–H groups in total. The summed E-state index contributed by atoms with van der Waals surface area (Å²) < 4.78 is 5.29. The van der Waals surface area contributed by atoms with Gasteiger partial charge in [0.2, 0.25) is 5.91 Å². The van der Waals surface area contributed by atoms with Crippen molar-refractivity contribution in [2.75, 3.05) is 6.61 Å². The summed E-state index contributed by atoms with van der Waals surface area (Å²) in [6.45, 7) is 3.86. The predicted molar refractivity (Wildman–Crippen MR) is 131 cm³/mol. The van der Waals surface area contributed by atoms with Crippen molar-refractivity contribution < 1.29 is 19.2 Å². The Bertz CT molecular complexity index is 1260. The number of hydrogen-bond acceptors (Lipinski definition) is 9. The number of allylic oxidation sites excluding steroid dienone is 1. The smallest absolute Gasteiger partial charge is 0.338 e. The molecule has 3 heterocycles. The molecule has 180 valence electrons. The lowest BCUT2D eigenvalue weighted by atomic mass is 9.93. The summed E-state index contributed by atoms with van der Waals surface area (Å²) in [5, 5.41) is 16.7. The van der Waals surface area contributed by atoms with Crippen molar-refractivity contribution in [3.8, 4) is 0 Å². The van der Waals surface area contributed by atoms with Crippen LogP contribution in [0.15, 0.2) is 76.0 Å². The molecule has 1 amide bonds. The lowest BCUT2D eigenvalue weighted by Gasteiger charge is -2.36. The third-order valence-electron chi connectivity index (χ3n) is 5.43. The molecule has 1 atom stereocenters. The Balaban J connectivity index is 1.65. The summed E-state index contributed by atoms with van der Waals surface area (Å²) in [4.78, 5) is 47.2. The van der Waals surface area contributed by atoms with Gasteiger partial charge in [-0.2, -0.15) is 0 Å². The van der Waals surface area contributed by atoms with Gasteiger partial charge in [0, 0.05) is 24.0 Å². The zero-order valence-corrected chi connectivity index (χ0v) is 19.9. The van der Waals surface area contributed by atoms with E-state index in [1.54, 1.807) is 43.1 Å². The summed E-state index contributed by atoms with van der Waals surface area (Å²) in [6, 6.07) is 10.8. The van der Waals surface area contributed by atoms with E-state index in [2.05, 4.69) is 15.3 Å². The number of ether oxygens (including phenoxy) is 1. The molecule has 0 aliphatic carbocycles. The molecule has 0 spiro atoms. The van der Waals surface area contributed by atoms with Crippen LogP contribution in [0.5, 0.6) is 0 Å². The van der Waals surface area contributed by atoms with Crippen molar-refractivity contribution >= 4 is 34.5 Å². The van der Waals surface area contributed by atoms with E-state index >= 15 is 0 Å². The Hall–Kier alpha value is -3.99. The number of thioether (sulfide) groups is 1. The van der Waals surface area contributed by atoms with E-state index < -0.39 is 16.9 Å². The SMILES string of the molecule is CCOC(=O)C1=C(C)N=C2SC=C(CC(=O)NCc3ccccn3)N2[C@@H]1c1cccc([N+](=O)[O-])c1. The highest BCUT2D eigenvalue weighted by molar-refractivity contribution is 8.16. The first-order chi connectivity index (χ1) is 16.9. The summed E-state index contributed by atoms with van der Waals surface area (Å²) in [5.74, 6) is -0.786. The monoisotopic (exact) mass is 493 g/mol. The minimum absolute atomic E-state index is 0.0272. The van der Waals surface area contributed by atoms with Crippen molar-refractivity contribution in [1.29, 1.82) is 0 Å². The summed E-state index contributed by atoms with van der Waals surface area (Å²) >= 11 is 1.33. The molecule has 2 aliphatic rings. The first kappa shape index (κ1) is 24.1. The molecule has 2 aromatic rings. The number of amides is 1. The van der Waals surface area contributed by atoms with Crippen LogP contribution in [0.3, 0.4) is 0 Å². The normalized spacial score (nSPS) is 16.9. The largest absolute Gasteiger partial charge is 0.463 e. The average molecular weight is 494 g/mol. The maximum Gasteiger partial charge on any atom is 0.338 e. The molecule has 11 heteroatoms. The number of aromatic nitrogens is 1. The van der Waals surface area contributed by atoms with Crippen molar-refractivity contribution in [2.24, 2.45) is 4.99 Å². The van der Waals surface area contributed by atoms with Gasteiger partial charge in [-0.3, -0.25) is 19.9 Å². The van der Waals surface area contributed by atoms with E-state index in [9.17, 15) is 19.7 Å². The van der Waals surface area contributed by atoms with Gasteiger partial charge < -0.3 is 15.0 Å². The van der Waals surface area contributed by atoms with E-state index in [1.807, 2.05) is 17.5 Å². The lowest BCUT2D eigenvalue weighted by Crippen LogP contribution is -2.38. The molecule has 4 rings (SSSR count). The van der Waals surface area contributed by atoms with Crippen LogP contribution in [-0.2, 0) is 20.9 Å². The van der Waals surface area contributed by atoms with E-state index in [4.69, 9.17) is 4.74 Å². The highest BCUT2D eigenvalue weighted by Crippen LogP contribution is 2.45. The van der Waals surface area contributed by atoms with Gasteiger partial charge in [-0.15, -0.1) is 0 Å². The Morgan fingerprint density at radius 2 is 2.09 bits per heavy atom. The summed E-state index contributed by atoms with van der Waals surface area (Å²) in [6.07, 6.45) is 1.68. The fourth-order valence-electron chi connectivity index (χ4n) is 3.88. The van der Waals surface area contributed by atoms with Crippen LogP contribution in [0.1, 0.15) is 37.6 Å². The van der Waals surface area contributed by atoms with Gasteiger partial charge in [0.05, 0.1) is 47.5 Å². The van der Waals surface area contributed by atoms with Crippen LogP contribution in [0.4, 0.5) is 5.69 Å². The molecule has 0 saturated heterocycles. The van der Waals surface area contributed by atoms with Crippen LogP contribution in [-0.4, -0.2) is 38.5 Å². The molecule has 0 saturated carbocycles. The molecule has 0 bridgehead atoms. The van der Waals surface area contributed by atoms with Crippen molar-refractivity contribution in [3.63, 3.8) is 0 Å². The Morgan fingerprint density at radius 1 is 1.26 bits per heavy atom. The molecular weight excluding hydrogens is 470 g/mol. The molecule has 10 nitrogen and oxygen atoms in total. The van der Waals surface area contributed by atoms with E-state index in [1.165, 1.54) is 23.9 Å². The van der Waals surface area contributed by atoms with Gasteiger partial charge in [-0.1, -0.05) is 30.0 Å². The number of benzene rings is 1. The van der Waals surface area contributed by atoms with Crippen molar-refractivity contribution in [2.45, 2.75) is 32.9 Å². The standard InChI is InChI=1S/C24H23N5O5S/c1-3-34-23(31)21-15(2)27-24-28(22(21)16-7-6-9-18(11-16)29(32)33)19(14-35-24)12-20(30)26-13-17-8-4-5-10-25-17/h4-11,14,22H,3,12-13H2,1-2H3,(H,26,30)/t22-/m1/s1. The van der Waals surface area contributed by atoms with E-state index in [0.29, 0.717) is 22.1 Å². The number of amidine groups is 1. The van der Waals surface area contributed by atoms with E-state index in [0.717, 1.165) is 5.69 Å². The zero-order valence-electron chi connectivity index (χ0n) is 19.1. The van der Waals surface area contributed by atoms with Gasteiger partial charge in [0.1, 0.15) is 0 Å². The second-order valence-corrected chi connectivity index (χ2v) is 8.58. The average Bonchev–Trinajstić information content (AvgIpc) is 3.24. The number of nitrogens with one attached hydrogen (secondary N) is 1. The van der Waals surface area contributed by atoms with Gasteiger partial charge in [-0.25, -0.2) is 9.79 Å². The highest BCUT2D eigenvalue weighted by atomic mass is 32.2. The number of nitrogens with zero attached hydrogens (tertiary/aromatic N) is 4. The number of fused-ring (bicyclic) bond motifs is 1. The van der Waals surface area contributed by atoms with Gasteiger partial charge in [-0.05, 0) is 37.0 Å². The number of rotatable bonds is 8. The maximum absolute atomic E-state index is 13.0. The number of carbonyl (C=O) groups is 2. The molecule has 0 unspecified atom stereocenters. The van der Waals surface area contributed by atoms with Gasteiger partial charge in [0.25, 0.3) is 5.69 Å². The molecule has 1 aromatic heterocycles. The van der Waals surface area contributed by atoms with Crippen LogP contribution in [0, 0.1) is 10.1 Å². The number of hydrogen-bond donors (Lipinski definition) is 1. The summed E-state index contributed by atoms with van der Waals surface area (Å²) in [7, 11) is 0. The number of pyridine rings is 1. The number of non-ortho nitro benzene ring substituents is 1. The number of aliphatic imine (C=N–C) groups is 1. The minimum atomic E-state index is -0.730. The number of carbonyl (C=O) groups excluding carboxylic acids is 2. The van der Waals surface area contributed by atoms with E-state index in [-0.39, 0.29) is 36.7 Å². The second kappa shape index (κ2) is 10.5. The molecule has 0 radical (unpaired) electrons. The lowest BCUT2D eigenvalue weighted by molar-refractivity contribution is -0.384.